The summed E-state index contributed by atoms with van der Waals surface area (Å²) >= 11 is 1.73. The van der Waals surface area contributed by atoms with Crippen molar-refractivity contribution in [3.63, 3.8) is 0 Å². The minimum absolute atomic E-state index is 0.0884. The Kier molecular flexibility index (Phi) is 7.07. The van der Waals surface area contributed by atoms with Crippen LogP contribution in [0.25, 0.3) is 0 Å². The van der Waals surface area contributed by atoms with Crippen molar-refractivity contribution in [2.45, 2.75) is 32.1 Å². The third-order valence-corrected chi connectivity index (χ3v) is 4.38. The van der Waals surface area contributed by atoms with Crippen LogP contribution >= 0.6 is 11.8 Å². The maximum Gasteiger partial charge on any atom is 0.260 e. The minimum Gasteiger partial charge on any atom is -0.481 e. The van der Waals surface area contributed by atoms with E-state index >= 15 is 0 Å². The molecule has 0 spiro atoms. The van der Waals surface area contributed by atoms with E-state index in [2.05, 4.69) is 12.2 Å². The Labute approximate surface area is 141 Å². The van der Waals surface area contributed by atoms with Crippen LogP contribution < -0.4 is 10.1 Å². The summed E-state index contributed by atoms with van der Waals surface area (Å²) in [6.07, 6.45) is 2.05. The number of amides is 1. The first kappa shape index (κ1) is 17.5. The van der Waals surface area contributed by atoms with Crippen molar-refractivity contribution in [3.8, 4) is 5.75 Å². The van der Waals surface area contributed by atoms with E-state index in [-0.39, 0.29) is 5.91 Å². The van der Waals surface area contributed by atoms with Gasteiger partial charge < -0.3 is 14.5 Å². The first-order valence-electron chi connectivity index (χ1n) is 7.83. The van der Waals surface area contributed by atoms with Gasteiger partial charge in [0.05, 0.1) is 12.0 Å². The van der Waals surface area contributed by atoms with Gasteiger partial charge in [-0.15, -0.1) is 0 Å². The van der Waals surface area contributed by atoms with Gasteiger partial charge in [0.2, 0.25) is 0 Å². The van der Waals surface area contributed by atoms with Crippen molar-refractivity contribution in [3.05, 3.63) is 54.0 Å². The van der Waals surface area contributed by atoms with Crippen LogP contribution in [0.5, 0.6) is 5.75 Å². The van der Waals surface area contributed by atoms with E-state index in [1.165, 1.54) is 0 Å². The Balaban J connectivity index is 1.68. The number of rotatable bonds is 9. The fourth-order valence-corrected chi connectivity index (χ4v) is 2.87. The molecule has 0 aliphatic carbocycles. The predicted molar refractivity (Wildman–Crippen MR) is 93.8 cm³/mol. The van der Waals surface area contributed by atoms with Gasteiger partial charge in [0.1, 0.15) is 11.5 Å². The fourth-order valence-electron chi connectivity index (χ4n) is 2.11. The first-order valence-corrected chi connectivity index (χ1v) is 8.98. The summed E-state index contributed by atoms with van der Waals surface area (Å²) in [5.74, 6) is 3.30. The molecule has 0 bridgehead atoms. The monoisotopic (exact) mass is 333 g/mol. The molecule has 1 unspecified atom stereocenters. The summed E-state index contributed by atoms with van der Waals surface area (Å²) in [5.41, 5.74) is 1.11. The molecule has 5 heteroatoms. The molecule has 1 N–H and O–H groups in total. The van der Waals surface area contributed by atoms with E-state index in [9.17, 15) is 4.79 Å². The van der Waals surface area contributed by atoms with Crippen LogP contribution in [-0.4, -0.2) is 24.3 Å². The number of hydrogen-bond acceptors (Lipinski definition) is 4. The number of thioether (sulfide) groups is 1. The molecule has 1 aromatic carbocycles. The van der Waals surface area contributed by atoms with Crippen LogP contribution in [0.3, 0.4) is 0 Å². The lowest BCUT2D eigenvalue weighted by atomic mass is 10.1. The zero-order chi connectivity index (χ0) is 16.5. The van der Waals surface area contributed by atoms with Crippen LogP contribution in [0, 0.1) is 0 Å². The first-order chi connectivity index (χ1) is 11.2. The molecule has 1 aromatic heterocycles. The number of aryl methyl sites for hydroxylation is 1. The zero-order valence-corrected chi connectivity index (χ0v) is 14.4. The molecular weight excluding hydrogens is 310 g/mol. The smallest absolute Gasteiger partial charge is 0.260 e. The van der Waals surface area contributed by atoms with E-state index < -0.39 is 6.10 Å². The van der Waals surface area contributed by atoms with Gasteiger partial charge in [0, 0.05) is 12.3 Å². The second kappa shape index (κ2) is 9.30. The van der Waals surface area contributed by atoms with E-state index in [1.54, 1.807) is 24.9 Å². The van der Waals surface area contributed by atoms with Gasteiger partial charge in [-0.05, 0) is 37.1 Å². The third kappa shape index (κ3) is 5.67. The van der Waals surface area contributed by atoms with Gasteiger partial charge in [0.15, 0.2) is 6.10 Å². The molecular formula is C18H23NO3S. The lowest BCUT2D eigenvalue weighted by Crippen LogP contribution is -2.37. The number of carbonyl (C=O) groups excluding carboxylic acids is 1. The number of furan rings is 1. The van der Waals surface area contributed by atoms with Crippen molar-refractivity contribution in [2.75, 3.05) is 12.3 Å². The molecule has 0 saturated carbocycles. The Bertz CT molecular complexity index is 598. The average Bonchev–Trinajstić information content (AvgIpc) is 3.08. The molecule has 1 amide bonds. The quantitative estimate of drug-likeness (QED) is 0.712. The second-order valence-corrected chi connectivity index (χ2v) is 6.25. The Morgan fingerprint density at radius 2 is 2.13 bits per heavy atom. The van der Waals surface area contributed by atoms with Gasteiger partial charge in [-0.25, -0.2) is 0 Å². The summed E-state index contributed by atoms with van der Waals surface area (Å²) in [5, 5.41) is 2.90. The molecule has 0 radical (unpaired) electrons. The average molecular weight is 333 g/mol. The van der Waals surface area contributed by atoms with Gasteiger partial charge in [-0.2, -0.15) is 11.8 Å². The number of ether oxygens (including phenoxy) is 1. The lowest BCUT2D eigenvalue weighted by Gasteiger charge is -2.16. The number of carbonyl (C=O) groups is 1. The van der Waals surface area contributed by atoms with Gasteiger partial charge in [-0.3, -0.25) is 4.79 Å². The van der Waals surface area contributed by atoms with Crippen LogP contribution in [0.4, 0.5) is 0 Å². The highest BCUT2D eigenvalue weighted by Gasteiger charge is 2.15. The van der Waals surface area contributed by atoms with Crippen LogP contribution in [0.1, 0.15) is 25.2 Å². The Hall–Kier alpha value is -1.88. The van der Waals surface area contributed by atoms with E-state index in [4.69, 9.17) is 9.15 Å². The topological polar surface area (TPSA) is 51.5 Å². The van der Waals surface area contributed by atoms with Crippen LogP contribution in [-0.2, 0) is 17.0 Å². The predicted octanol–water partition coefficient (Wildman–Crippen LogP) is 3.66. The lowest BCUT2D eigenvalue weighted by molar-refractivity contribution is -0.127. The van der Waals surface area contributed by atoms with Crippen LogP contribution in [0.15, 0.2) is 47.1 Å². The van der Waals surface area contributed by atoms with Gasteiger partial charge in [-0.1, -0.05) is 25.1 Å². The van der Waals surface area contributed by atoms with Crippen LogP contribution in [0.2, 0.25) is 0 Å². The normalized spacial score (nSPS) is 11.9. The van der Waals surface area contributed by atoms with Crippen molar-refractivity contribution in [1.82, 2.24) is 5.32 Å². The van der Waals surface area contributed by atoms with E-state index in [1.807, 2.05) is 36.4 Å². The highest BCUT2D eigenvalue weighted by atomic mass is 32.2. The zero-order valence-electron chi connectivity index (χ0n) is 13.6. The molecule has 0 aliphatic heterocycles. The molecule has 0 fully saturated rings. The standard InChI is InChI=1S/C18H23NO3S/c1-3-15-7-4-5-9-17(15)22-14(2)18(20)19-10-12-23-13-16-8-6-11-21-16/h4-9,11,14H,3,10,12-13H2,1-2H3,(H,19,20). The van der Waals surface area contributed by atoms with E-state index in [0.717, 1.165) is 35.0 Å². The number of nitrogens with one attached hydrogen (secondary N) is 1. The third-order valence-electron chi connectivity index (χ3n) is 3.40. The summed E-state index contributed by atoms with van der Waals surface area (Å²) in [6.45, 7) is 4.47. The molecule has 2 rings (SSSR count). The number of hydrogen-bond donors (Lipinski definition) is 1. The van der Waals surface area contributed by atoms with Crippen molar-refractivity contribution >= 4 is 17.7 Å². The van der Waals surface area contributed by atoms with Gasteiger partial charge in [0.25, 0.3) is 5.91 Å². The Morgan fingerprint density at radius 1 is 1.30 bits per heavy atom. The maximum absolute atomic E-state index is 12.1. The van der Waals surface area contributed by atoms with E-state index in [0.29, 0.717) is 6.54 Å². The molecule has 1 heterocycles. The molecule has 2 aromatic rings. The molecule has 124 valence electrons. The molecule has 4 nitrogen and oxygen atoms in total. The highest BCUT2D eigenvalue weighted by Crippen LogP contribution is 2.19. The minimum atomic E-state index is -0.502. The summed E-state index contributed by atoms with van der Waals surface area (Å²) in [4.78, 5) is 12.1. The number of para-hydroxylation sites is 1. The van der Waals surface area contributed by atoms with Crippen molar-refractivity contribution in [2.24, 2.45) is 0 Å². The summed E-state index contributed by atoms with van der Waals surface area (Å²) < 4.78 is 11.0. The molecule has 1 atom stereocenters. The SMILES string of the molecule is CCc1ccccc1OC(C)C(=O)NCCSCc1ccco1. The summed E-state index contributed by atoms with van der Waals surface area (Å²) in [7, 11) is 0. The molecule has 0 saturated heterocycles. The fraction of sp³-hybridized carbons (Fsp3) is 0.389. The van der Waals surface area contributed by atoms with Crippen molar-refractivity contribution < 1.29 is 13.9 Å². The van der Waals surface area contributed by atoms with Crippen molar-refractivity contribution in [1.29, 1.82) is 0 Å². The molecule has 23 heavy (non-hydrogen) atoms. The summed E-state index contributed by atoms with van der Waals surface area (Å²) in [6, 6.07) is 11.7. The maximum atomic E-state index is 12.1. The Morgan fingerprint density at radius 3 is 2.87 bits per heavy atom. The molecule has 0 aliphatic rings. The van der Waals surface area contributed by atoms with Gasteiger partial charge >= 0.3 is 0 Å². The number of benzene rings is 1. The largest absolute Gasteiger partial charge is 0.481 e. The highest BCUT2D eigenvalue weighted by molar-refractivity contribution is 7.98. The second-order valence-electron chi connectivity index (χ2n) is 5.14.